The molecule has 4 heteroatoms. The molecule has 0 bridgehead atoms. The van der Waals surface area contributed by atoms with Gasteiger partial charge in [-0.05, 0) is 37.1 Å². The lowest BCUT2D eigenvalue weighted by Crippen LogP contribution is -2.18. The van der Waals surface area contributed by atoms with Crippen LogP contribution in [0, 0.1) is 0 Å². The van der Waals surface area contributed by atoms with Gasteiger partial charge >= 0.3 is 0 Å². The van der Waals surface area contributed by atoms with Crippen molar-refractivity contribution >= 4 is 35.0 Å². The van der Waals surface area contributed by atoms with Crippen molar-refractivity contribution < 1.29 is 0 Å². The van der Waals surface area contributed by atoms with E-state index >= 15 is 0 Å². The van der Waals surface area contributed by atoms with Crippen LogP contribution in [0.3, 0.4) is 0 Å². The standard InChI is InChI=1S/C15H15Cl2NS/c1-10(18)9-11-5-4-7-13(17)15(11)19-14-8-3-2-6-12(14)16/h2-8,10H,9,18H2,1H3. The third kappa shape index (κ3) is 3.90. The van der Waals surface area contributed by atoms with Crippen LogP contribution in [-0.2, 0) is 6.42 Å². The monoisotopic (exact) mass is 311 g/mol. The topological polar surface area (TPSA) is 26.0 Å². The van der Waals surface area contributed by atoms with Gasteiger partial charge in [0.1, 0.15) is 0 Å². The SMILES string of the molecule is CC(N)Cc1cccc(Cl)c1Sc1ccccc1Cl. The maximum atomic E-state index is 6.31. The molecule has 0 saturated heterocycles. The second-order valence-corrected chi connectivity index (χ2v) is 6.31. The minimum atomic E-state index is 0.101. The van der Waals surface area contributed by atoms with Crippen molar-refractivity contribution in [3.05, 3.63) is 58.1 Å². The average molecular weight is 312 g/mol. The number of halogens is 2. The van der Waals surface area contributed by atoms with Gasteiger partial charge in [-0.3, -0.25) is 0 Å². The Morgan fingerprint density at radius 2 is 1.74 bits per heavy atom. The Kier molecular flexibility index (Phi) is 5.17. The molecule has 0 amide bonds. The zero-order valence-electron chi connectivity index (χ0n) is 10.6. The number of nitrogens with two attached hydrogens (primary N) is 1. The minimum absolute atomic E-state index is 0.101. The van der Waals surface area contributed by atoms with Crippen LogP contribution in [-0.4, -0.2) is 6.04 Å². The summed E-state index contributed by atoms with van der Waals surface area (Å²) in [5.74, 6) is 0. The summed E-state index contributed by atoms with van der Waals surface area (Å²) in [6, 6.07) is 13.8. The number of hydrogen-bond acceptors (Lipinski definition) is 2. The second kappa shape index (κ2) is 6.67. The van der Waals surface area contributed by atoms with Crippen LogP contribution >= 0.6 is 35.0 Å². The fraction of sp³-hybridized carbons (Fsp3) is 0.200. The fourth-order valence-electron chi connectivity index (χ4n) is 1.81. The maximum absolute atomic E-state index is 6.31. The zero-order valence-corrected chi connectivity index (χ0v) is 12.9. The lowest BCUT2D eigenvalue weighted by atomic mass is 10.1. The highest BCUT2D eigenvalue weighted by Gasteiger charge is 2.11. The molecule has 0 aliphatic heterocycles. The van der Waals surface area contributed by atoms with Crippen molar-refractivity contribution in [1.82, 2.24) is 0 Å². The molecule has 0 aromatic heterocycles. The number of rotatable bonds is 4. The quantitative estimate of drug-likeness (QED) is 0.856. The van der Waals surface area contributed by atoms with Gasteiger partial charge in [0.15, 0.2) is 0 Å². The smallest absolute Gasteiger partial charge is 0.0548 e. The summed E-state index contributed by atoms with van der Waals surface area (Å²) in [5, 5.41) is 1.47. The van der Waals surface area contributed by atoms with Crippen molar-refractivity contribution in [2.45, 2.75) is 29.2 Å². The van der Waals surface area contributed by atoms with Gasteiger partial charge in [-0.15, -0.1) is 0 Å². The molecule has 0 saturated carbocycles. The molecule has 19 heavy (non-hydrogen) atoms. The summed E-state index contributed by atoms with van der Waals surface area (Å²) in [5.41, 5.74) is 7.05. The van der Waals surface area contributed by atoms with Gasteiger partial charge in [0, 0.05) is 15.8 Å². The van der Waals surface area contributed by atoms with E-state index in [0.717, 1.165) is 31.8 Å². The molecule has 100 valence electrons. The first-order chi connectivity index (χ1) is 9.08. The lowest BCUT2D eigenvalue weighted by molar-refractivity contribution is 0.729. The van der Waals surface area contributed by atoms with Crippen LogP contribution in [0.25, 0.3) is 0 Å². The Hall–Kier alpha value is -0.670. The van der Waals surface area contributed by atoms with Crippen molar-refractivity contribution in [2.75, 3.05) is 0 Å². The normalized spacial score (nSPS) is 12.4. The molecule has 0 spiro atoms. The van der Waals surface area contributed by atoms with Crippen LogP contribution < -0.4 is 5.73 Å². The largest absolute Gasteiger partial charge is 0.328 e. The van der Waals surface area contributed by atoms with E-state index in [4.69, 9.17) is 28.9 Å². The van der Waals surface area contributed by atoms with Crippen LogP contribution in [0.4, 0.5) is 0 Å². The summed E-state index contributed by atoms with van der Waals surface area (Å²) in [6.07, 6.45) is 0.799. The molecule has 1 unspecified atom stereocenters. The van der Waals surface area contributed by atoms with Gasteiger partial charge in [-0.2, -0.15) is 0 Å². The molecule has 2 N–H and O–H groups in total. The van der Waals surface area contributed by atoms with E-state index in [9.17, 15) is 0 Å². The highest BCUT2D eigenvalue weighted by Crippen LogP contribution is 2.39. The highest BCUT2D eigenvalue weighted by molar-refractivity contribution is 7.99. The predicted molar refractivity (Wildman–Crippen MR) is 84.4 cm³/mol. The average Bonchev–Trinajstić information content (AvgIpc) is 2.35. The molecule has 1 atom stereocenters. The zero-order chi connectivity index (χ0) is 13.8. The van der Waals surface area contributed by atoms with Gasteiger partial charge in [0.05, 0.1) is 10.0 Å². The molecular weight excluding hydrogens is 297 g/mol. The first-order valence-corrected chi connectivity index (χ1v) is 7.60. The summed E-state index contributed by atoms with van der Waals surface area (Å²) >= 11 is 14.1. The lowest BCUT2D eigenvalue weighted by Gasteiger charge is -2.13. The van der Waals surface area contributed by atoms with E-state index in [0.29, 0.717) is 0 Å². The van der Waals surface area contributed by atoms with E-state index in [-0.39, 0.29) is 6.04 Å². The van der Waals surface area contributed by atoms with Crippen molar-refractivity contribution in [2.24, 2.45) is 5.73 Å². The van der Waals surface area contributed by atoms with E-state index in [1.54, 1.807) is 11.8 Å². The van der Waals surface area contributed by atoms with E-state index in [2.05, 4.69) is 6.07 Å². The number of benzene rings is 2. The molecule has 0 aliphatic rings. The third-order valence-corrected chi connectivity index (χ3v) is 4.77. The first-order valence-electron chi connectivity index (χ1n) is 6.03. The van der Waals surface area contributed by atoms with Gasteiger partial charge in [0.2, 0.25) is 0 Å². The Bertz CT molecular complexity index is 570. The van der Waals surface area contributed by atoms with Gasteiger partial charge in [-0.25, -0.2) is 0 Å². The number of hydrogen-bond donors (Lipinski definition) is 1. The third-order valence-electron chi connectivity index (χ3n) is 2.64. The Balaban J connectivity index is 2.36. The molecule has 2 rings (SSSR count). The van der Waals surface area contributed by atoms with Crippen LogP contribution in [0.2, 0.25) is 10.0 Å². The van der Waals surface area contributed by atoms with E-state index in [1.165, 1.54) is 0 Å². The summed E-state index contributed by atoms with van der Waals surface area (Å²) < 4.78 is 0. The first kappa shape index (κ1) is 14.7. The van der Waals surface area contributed by atoms with E-state index in [1.807, 2.05) is 43.3 Å². The van der Waals surface area contributed by atoms with Crippen LogP contribution in [0.5, 0.6) is 0 Å². The molecule has 0 heterocycles. The summed E-state index contributed by atoms with van der Waals surface area (Å²) in [7, 11) is 0. The molecule has 0 aliphatic carbocycles. The minimum Gasteiger partial charge on any atom is -0.328 e. The Morgan fingerprint density at radius 1 is 1.05 bits per heavy atom. The molecule has 0 fully saturated rings. The Labute approximate surface area is 128 Å². The molecule has 1 nitrogen and oxygen atoms in total. The van der Waals surface area contributed by atoms with Crippen molar-refractivity contribution in [1.29, 1.82) is 0 Å². The predicted octanol–water partition coefficient (Wildman–Crippen LogP) is 5.03. The van der Waals surface area contributed by atoms with Gasteiger partial charge in [-0.1, -0.05) is 59.2 Å². The van der Waals surface area contributed by atoms with Crippen molar-refractivity contribution in [3.8, 4) is 0 Å². The van der Waals surface area contributed by atoms with Crippen LogP contribution in [0.15, 0.2) is 52.3 Å². The van der Waals surface area contributed by atoms with Crippen molar-refractivity contribution in [3.63, 3.8) is 0 Å². The fourth-order valence-corrected chi connectivity index (χ4v) is 3.35. The summed E-state index contributed by atoms with van der Waals surface area (Å²) in [6.45, 7) is 1.99. The second-order valence-electron chi connectivity index (χ2n) is 4.44. The highest BCUT2D eigenvalue weighted by atomic mass is 35.5. The van der Waals surface area contributed by atoms with Gasteiger partial charge < -0.3 is 5.73 Å². The summed E-state index contributed by atoms with van der Waals surface area (Å²) in [4.78, 5) is 2.04. The molecule has 2 aromatic rings. The molecule has 0 radical (unpaired) electrons. The van der Waals surface area contributed by atoms with E-state index < -0.39 is 0 Å². The van der Waals surface area contributed by atoms with Gasteiger partial charge in [0.25, 0.3) is 0 Å². The Morgan fingerprint density at radius 3 is 2.42 bits per heavy atom. The molecule has 2 aromatic carbocycles. The van der Waals surface area contributed by atoms with Crippen LogP contribution in [0.1, 0.15) is 12.5 Å². The molecular formula is C15H15Cl2NS. The maximum Gasteiger partial charge on any atom is 0.0548 e.